The molecule has 0 amide bonds. The zero-order chi connectivity index (χ0) is 12.7. The summed E-state index contributed by atoms with van der Waals surface area (Å²) in [6.07, 6.45) is 0. The number of halogens is 1. The van der Waals surface area contributed by atoms with E-state index in [9.17, 15) is 0 Å². The van der Waals surface area contributed by atoms with E-state index in [1.807, 2.05) is 19.1 Å². The summed E-state index contributed by atoms with van der Waals surface area (Å²) in [7, 11) is 1.54. The molecule has 0 aliphatic rings. The highest BCUT2D eigenvalue weighted by Gasteiger charge is 2.11. The molecule has 17 heavy (non-hydrogen) atoms. The lowest BCUT2D eigenvalue weighted by Crippen LogP contribution is -2.12. The minimum absolute atomic E-state index is 0.0529. The van der Waals surface area contributed by atoms with Crippen LogP contribution in [-0.4, -0.2) is 20.3 Å². The van der Waals surface area contributed by atoms with E-state index in [0.29, 0.717) is 23.1 Å². The Morgan fingerprint density at radius 3 is 2.82 bits per heavy atom. The zero-order valence-corrected chi connectivity index (χ0v) is 10.7. The number of rotatable bonds is 6. The van der Waals surface area contributed by atoms with Crippen molar-refractivity contribution in [1.82, 2.24) is 5.32 Å². The predicted octanol–water partition coefficient (Wildman–Crippen LogP) is 2.36. The number of nitrogens with zero attached hydrogens (tertiary/aromatic N) is 1. The Morgan fingerprint density at radius 2 is 2.24 bits per heavy atom. The minimum Gasteiger partial charge on any atom is -0.493 e. The van der Waals surface area contributed by atoms with Crippen LogP contribution in [0.3, 0.4) is 0 Å². The van der Waals surface area contributed by atoms with Gasteiger partial charge in [0.1, 0.15) is 6.07 Å². The molecule has 1 rings (SSSR count). The van der Waals surface area contributed by atoms with Gasteiger partial charge < -0.3 is 14.8 Å². The highest BCUT2D eigenvalue weighted by atomic mass is 35.5. The lowest BCUT2D eigenvalue weighted by molar-refractivity contribution is 0.329. The number of nitriles is 1. The first-order chi connectivity index (χ1) is 8.22. The second-order valence-electron chi connectivity index (χ2n) is 3.34. The summed E-state index contributed by atoms with van der Waals surface area (Å²) in [5.74, 6) is 0.955. The monoisotopic (exact) mass is 254 g/mol. The maximum atomic E-state index is 8.48. The average molecular weight is 255 g/mol. The SMILES string of the molecule is CCNCc1cc(Cl)c(OCC#N)c(OC)c1. The van der Waals surface area contributed by atoms with Crippen molar-refractivity contribution in [3.8, 4) is 17.6 Å². The zero-order valence-electron chi connectivity index (χ0n) is 9.92. The lowest BCUT2D eigenvalue weighted by Gasteiger charge is -2.12. The molecule has 4 nitrogen and oxygen atoms in total. The summed E-state index contributed by atoms with van der Waals surface area (Å²) in [6, 6.07) is 5.55. The molecule has 0 aromatic heterocycles. The summed E-state index contributed by atoms with van der Waals surface area (Å²) in [4.78, 5) is 0. The van der Waals surface area contributed by atoms with Gasteiger partial charge in [-0.2, -0.15) is 5.26 Å². The first kappa shape index (κ1) is 13.6. The van der Waals surface area contributed by atoms with E-state index in [-0.39, 0.29) is 6.61 Å². The van der Waals surface area contributed by atoms with Gasteiger partial charge in [-0.1, -0.05) is 18.5 Å². The van der Waals surface area contributed by atoms with Crippen LogP contribution in [0.5, 0.6) is 11.5 Å². The first-order valence-electron chi connectivity index (χ1n) is 5.29. The quantitative estimate of drug-likeness (QED) is 0.847. The van der Waals surface area contributed by atoms with Crippen LogP contribution in [0, 0.1) is 11.3 Å². The van der Waals surface area contributed by atoms with Crippen molar-refractivity contribution in [3.63, 3.8) is 0 Å². The molecule has 0 heterocycles. The molecule has 0 aliphatic carbocycles. The molecule has 0 spiro atoms. The minimum atomic E-state index is -0.0529. The fraction of sp³-hybridized carbons (Fsp3) is 0.417. The summed E-state index contributed by atoms with van der Waals surface area (Å²) in [5, 5.41) is 12.1. The van der Waals surface area contributed by atoms with E-state index in [2.05, 4.69) is 5.32 Å². The Morgan fingerprint density at radius 1 is 1.47 bits per heavy atom. The van der Waals surface area contributed by atoms with Crippen LogP contribution in [-0.2, 0) is 6.54 Å². The van der Waals surface area contributed by atoms with Crippen LogP contribution in [0.25, 0.3) is 0 Å². The fourth-order valence-corrected chi connectivity index (χ4v) is 1.68. The molecule has 0 saturated heterocycles. The molecule has 0 atom stereocenters. The third-order valence-electron chi connectivity index (χ3n) is 2.15. The molecule has 0 saturated carbocycles. The van der Waals surface area contributed by atoms with Gasteiger partial charge in [0.05, 0.1) is 12.1 Å². The van der Waals surface area contributed by atoms with Crippen molar-refractivity contribution < 1.29 is 9.47 Å². The third-order valence-corrected chi connectivity index (χ3v) is 2.43. The maximum Gasteiger partial charge on any atom is 0.181 e. The molecular weight excluding hydrogens is 240 g/mol. The second-order valence-corrected chi connectivity index (χ2v) is 3.74. The van der Waals surface area contributed by atoms with Gasteiger partial charge in [-0.25, -0.2) is 0 Å². The number of methoxy groups -OCH3 is 1. The van der Waals surface area contributed by atoms with Crippen LogP contribution >= 0.6 is 11.6 Å². The highest BCUT2D eigenvalue weighted by molar-refractivity contribution is 6.32. The number of benzene rings is 1. The number of nitrogens with one attached hydrogen (secondary N) is 1. The Labute approximate surface area is 106 Å². The fourth-order valence-electron chi connectivity index (χ4n) is 1.39. The van der Waals surface area contributed by atoms with E-state index < -0.39 is 0 Å². The number of hydrogen-bond donors (Lipinski definition) is 1. The topological polar surface area (TPSA) is 54.3 Å². The van der Waals surface area contributed by atoms with E-state index in [4.69, 9.17) is 26.3 Å². The van der Waals surface area contributed by atoms with Crippen molar-refractivity contribution in [2.75, 3.05) is 20.3 Å². The van der Waals surface area contributed by atoms with E-state index in [1.54, 1.807) is 13.2 Å². The van der Waals surface area contributed by atoms with Crippen LogP contribution in [0.1, 0.15) is 12.5 Å². The van der Waals surface area contributed by atoms with Gasteiger partial charge in [-0.15, -0.1) is 0 Å². The van der Waals surface area contributed by atoms with Crippen LogP contribution in [0.2, 0.25) is 5.02 Å². The van der Waals surface area contributed by atoms with Crippen molar-refractivity contribution in [2.45, 2.75) is 13.5 Å². The molecular formula is C12H15ClN2O2. The molecule has 1 aromatic carbocycles. The van der Waals surface area contributed by atoms with Crippen molar-refractivity contribution in [1.29, 1.82) is 5.26 Å². The van der Waals surface area contributed by atoms with Gasteiger partial charge >= 0.3 is 0 Å². The van der Waals surface area contributed by atoms with Crippen LogP contribution in [0.15, 0.2) is 12.1 Å². The molecule has 1 aromatic rings. The van der Waals surface area contributed by atoms with Gasteiger partial charge in [0, 0.05) is 6.54 Å². The van der Waals surface area contributed by atoms with E-state index in [0.717, 1.165) is 12.1 Å². The lowest BCUT2D eigenvalue weighted by atomic mass is 10.2. The molecule has 1 N–H and O–H groups in total. The summed E-state index contributed by atoms with van der Waals surface area (Å²) >= 11 is 6.09. The van der Waals surface area contributed by atoms with Gasteiger partial charge in [0.15, 0.2) is 18.1 Å². The van der Waals surface area contributed by atoms with Gasteiger partial charge in [0.25, 0.3) is 0 Å². The Hall–Kier alpha value is -1.44. The van der Waals surface area contributed by atoms with Crippen molar-refractivity contribution in [2.24, 2.45) is 0 Å². The predicted molar refractivity (Wildman–Crippen MR) is 66.5 cm³/mol. The van der Waals surface area contributed by atoms with Gasteiger partial charge in [-0.05, 0) is 24.2 Å². The number of hydrogen-bond acceptors (Lipinski definition) is 4. The highest BCUT2D eigenvalue weighted by Crippen LogP contribution is 2.36. The van der Waals surface area contributed by atoms with Gasteiger partial charge in [-0.3, -0.25) is 0 Å². The van der Waals surface area contributed by atoms with Crippen LogP contribution in [0.4, 0.5) is 0 Å². The van der Waals surface area contributed by atoms with E-state index in [1.165, 1.54) is 0 Å². The Bertz CT molecular complexity index is 416. The molecule has 0 bridgehead atoms. The molecule has 0 radical (unpaired) electrons. The van der Waals surface area contributed by atoms with E-state index >= 15 is 0 Å². The molecule has 0 fully saturated rings. The second kappa shape index (κ2) is 7.00. The Kier molecular flexibility index (Phi) is 5.61. The molecule has 0 unspecified atom stereocenters. The van der Waals surface area contributed by atoms with Crippen LogP contribution < -0.4 is 14.8 Å². The summed E-state index contributed by atoms with van der Waals surface area (Å²) < 4.78 is 10.4. The number of ether oxygens (including phenoxy) is 2. The van der Waals surface area contributed by atoms with Gasteiger partial charge in [0.2, 0.25) is 0 Å². The normalized spacial score (nSPS) is 9.76. The molecule has 5 heteroatoms. The molecule has 92 valence electrons. The van der Waals surface area contributed by atoms with Crippen molar-refractivity contribution in [3.05, 3.63) is 22.7 Å². The molecule has 0 aliphatic heterocycles. The maximum absolute atomic E-state index is 8.48. The average Bonchev–Trinajstić information content (AvgIpc) is 2.34. The largest absolute Gasteiger partial charge is 0.493 e. The summed E-state index contributed by atoms with van der Waals surface area (Å²) in [5.41, 5.74) is 1.01. The first-order valence-corrected chi connectivity index (χ1v) is 5.67. The standard InChI is InChI=1S/C12H15ClN2O2/c1-3-15-8-9-6-10(13)12(17-5-4-14)11(7-9)16-2/h6-7,15H,3,5,8H2,1-2H3. The van der Waals surface area contributed by atoms with Crippen molar-refractivity contribution >= 4 is 11.6 Å². The summed E-state index contributed by atoms with van der Waals surface area (Å²) in [6.45, 7) is 3.57. The third kappa shape index (κ3) is 3.81. The smallest absolute Gasteiger partial charge is 0.181 e. The Balaban J connectivity index is 2.95.